The number of rotatable bonds is 1. The van der Waals surface area contributed by atoms with Crippen molar-refractivity contribution in [2.45, 2.75) is 19.5 Å². The van der Waals surface area contributed by atoms with Crippen LogP contribution in [-0.4, -0.2) is 21.1 Å². The first-order valence-electron chi connectivity index (χ1n) is 3.94. The minimum atomic E-state index is 0.00579. The molecule has 1 aromatic rings. The summed E-state index contributed by atoms with van der Waals surface area (Å²) in [6, 6.07) is 0.00579. The van der Waals surface area contributed by atoms with E-state index in [2.05, 4.69) is 10.3 Å². The average Bonchev–Trinajstić information content (AvgIpc) is 2.53. The summed E-state index contributed by atoms with van der Waals surface area (Å²) in [5.41, 5.74) is 0. The molecule has 0 bridgehead atoms. The molecule has 12 heavy (non-hydrogen) atoms. The highest BCUT2D eigenvalue weighted by Crippen LogP contribution is 2.22. The fourth-order valence-corrected chi connectivity index (χ4v) is 1.53. The molecule has 0 aliphatic carbocycles. The third-order valence-electron chi connectivity index (χ3n) is 2.24. The van der Waals surface area contributed by atoms with Crippen molar-refractivity contribution in [3.63, 3.8) is 0 Å². The molecule has 0 saturated heterocycles. The molecule has 0 spiro atoms. The number of aromatic nitrogens is 2. The van der Waals surface area contributed by atoms with Crippen molar-refractivity contribution in [1.82, 2.24) is 14.6 Å². The smallest absolute Gasteiger partial charge is 0.133 e. The van der Waals surface area contributed by atoms with E-state index in [1.165, 1.54) is 5.01 Å². The predicted octanol–water partition coefficient (Wildman–Crippen LogP) is 0.941. The minimum Gasteiger partial charge on any atom is -0.331 e. The molecule has 1 aliphatic heterocycles. The first-order valence-corrected chi connectivity index (χ1v) is 3.94. The molecular weight excluding hydrogens is 156 g/mol. The van der Waals surface area contributed by atoms with Gasteiger partial charge in [-0.15, -0.1) is 4.91 Å². The van der Waals surface area contributed by atoms with Crippen molar-refractivity contribution < 1.29 is 0 Å². The largest absolute Gasteiger partial charge is 0.331 e. The molecule has 5 nitrogen and oxygen atoms in total. The van der Waals surface area contributed by atoms with Crippen molar-refractivity contribution in [2.24, 2.45) is 5.29 Å². The Kier molecular flexibility index (Phi) is 1.56. The Morgan fingerprint density at radius 3 is 3.25 bits per heavy atom. The van der Waals surface area contributed by atoms with E-state index in [0.29, 0.717) is 6.54 Å². The SMILES string of the molecule is CC1c2nccn2CCN1N=O. The van der Waals surface area contributed by atoms with Gasteiger partial charge in [-0.05, 0) is 6.92 Å². The van der Waals surface area contributed by atoms with Crippen LogP contribution in [0.5, 0.6) is 0 Å². The van der Waals surface area contributed by atoms with E-state index in [-0.39, 0.29) is 6.04 Å². The molecular formula is C7H10N4O. The van der Waals surface area contributed by atoms with Gasteiger partial charge in [-0.25, -0.2) is 9.99 Å². The summed E-state index contributed by atoms with van der Waals surface area (Å²) in [4.78, 5) is 14.5. The summed E-state index contributed by atoms with van der Waals surface area (Å²) >= 11 is 0. The van der Waals surface area contributed by atoms with E-state index < -0.39 is 0 Å². The van der Waals surface area contributed by atoms with Gasteiger partial charge in [-0.3, -0.25) is 0 Å². The van der Waals surface area contributed by atoms with Crippen LogP contribution < -0.4 is 0 Å². The second-order valence-electron chi connectivity index (χ2n) is 2.90. The number of hydrogen-bond donors (Lipinski definition) is 0. The van der Waals surface area contributed by atoms with Crippen LogP contribution in [0.1, 0.15) is 18.8 Å². The minimum absolute atomic E-state index is 0.00579. The van der Waals surface area contributed by atoms with Gasteiger partial charge in [0.2, 0.25) is 0 Å². The molecule has 2 heterocycles. The van der Waals surface area contributed by atoms with Gasteiger partial charge in [-0.2, -0.15) is 0 Å². The molecule has 64 valence electrons. The average molecular weight is 166 g/mol. The summed E-state index contributed by atoms with van der Waals surface area (Å²) in [5, 5.41) is 4.45. The van der Waals surface area contributed by atoms with Crippen LogP contribution in [0.15, 0.2) is 17.7 Å². The lowest BCUT2D eigenvalue weighted by atomic mass is 10.2. The second kappa shape index (κ2) is 2.58. The van der Waals surface area contributed by atoms with Crippen molar-refractivity contribution in [3.8, 4) is 0 Å². The van der Waals surface area contributed by atoms with Gasteiger partial charge in [0.1, 0.15) is 11.9 Å². The van der Waals surface area contributed by atoms with Crippen LogP contribution in [0.4, 0.5) is 0 Å². The molecule has 0 saturated carbocycles. The van der Waals surface area contributed by atoms with Crippen LogP contribution in [0.25, 0.3) is 0 Å². The summed E-state index contributed by atoms with van der Waals surface area (Å²) in [5.74, 6) is 0.917. The molecule has 0 aromatic carbocycles. The standard InChI is InChI=1S/C7H10N4O/c1-6-7-8-2-3-10(7)4-5-11(6)9-12/h2-3,6H,4-5H2,1H3. The van der Waals surface area contributed by atoms with Crippen LogP contribution in [0.3, 0.4) is 0 Å². The van der Waals surface area contributed by atoms with Crippen molar-refractivity contribution in [3.05, 3.63) is 23.1 Å². The number of nitrogens with zero attached hydrogens (tertiary/aromatic N) is 4. The first kappa shape index (κ1) is 7.27. The number of hydrogen-bond acceptors (Lipinski definition) is 3. The number of fused-ring (bicyclic) bond motifs is 1. The lowest BCUT2D eigenvalue weighted by molar-refractivity contribution is 0.169. The van der Waals surface area contributed by atoms with Gasteiger partial charge in [0.05, 0.1) is 11.8 Å². The molecule has 0 radical (unpaired) electrons. The van der Waals surface area contributed by atoms with Crippen LogP contribution in [-0.2, 0) is 6.54 Å². The Morgan fingerprint density at radius 1 is 1.67 bits per heavy atom. The van der Waals surface area contributed by atoms with Gasteiger partial charge in [-0.1, -0.05) is 0 Å². The highest BCUT2D eigenvalue weighted by atomic mass is 16.3. The topological polar surface area (TPSA) is 50.5 Å². The van der Waals surface area contributed by atoms with Gasteiger partial charge >= 0.3 is 0 Å². The first-order chi connectivity index (χ1) is 5.83. The zero-order chi connectivity index (χ0) is 8.55. The fraction of sp³-hybridized carbons (Fsp3) is 0.571. The Hall–Kier alpha value is -1.39. The van der Waals surface area contributed by atoms with E-state index in [1.54, 1.807) is 6.20 Å². The molecule has 0 N–H and O–H groups in total. The Labute approximate surface area is 69.9 Å². The fourth-order valence-electron chi connectivity index (χ4n) is 1.53. The molecule has 0 fully saturated rings. The number of imidazole rings is 1. The maximum atomic E-state index is 10.3. The van der Waals surface area contributed by atoms with Crippen molar-refractivity contribution >= 4 is 0 Å². The quantitative estimate of drug-likeness (QED) is 0.583. The summed E-state index contributed by atoms with van der Waals surface area (Å²) in [6.07, 6.45) is 3.67. The van der Waals surface area contributed by atoms with E-state index >= 15 is 0 Å². The Balaban J connectivity index is 2.34. The molecule has 1 unspecified atom stereocenters. The summed E-state index contributed by atoms with van der Waals surface area (Å²) in [6.45, 7) is 3.40. The van der Waals surface area contributed by atoms with Crippen molar-refractivity contribution in [2.75, 3.05) is 6.54 Å². The molecule has 0 amide bonds. The second-order valence-corrected chi connectivity index (χ2v) is 2.90. The maximum absolute atomic E-state index is 10.3. The van der Waals surface area contributed by atoms with E-state index in [0.717, 1.165) is 12.4 Å². The molecule has 1 aromatic heterocycles. The van der Waals surface area contributed by atoms with Crippen LogP contribution in [0.2, 0.25) is 0 Å². The van der Waals surface area contributed by atoms with Crippen molar-refractivity contribution in [1.29, 1.82) is 0 Å². The zero-order valence-electron chi connectivity index (χ0n) is 6.84. The maximum Gasteiger partial charge on any atom is 0.133 e. The van der Waals surface area contributed by atoms with E-state index in [9.17, 15) is 4.91 Å². The third kappa shape index (κ3) is 0.895. The normalized spacial score (nSPS) is 22.1. The zero-order valence-corrected chi connectivity index (χ0v) is 6.84. The summed E-state index contributed by atoms with van der Waals surface area (Å²) < 4.78 is 2.05. The van der Waals surface area contributed by atoms with Gasteiger partial charge < -0.3 is 4.57 Å². The highest BCUT2D eigenvalue weighted by molar-refractivity contribution is 5.01. The van der Waals surface area contributed by atoms with Crippen LogP contribution in [0, 0.1) is 4.91 Å². The summed E-state index contributed by atoms with van der Waals surface area (Å²) in [7, 11) is 0. The van der Waals surface area contributed by atoms with Gasteiger partial charge in [0, 0.05) is 18.9 Å². The Morgan fingerprint density at radius 2 is 2.50 bits per heavy atom. The van der Waals surface area contributed by atoms with Gasteiger partial charge in [0.15, 0.2) is 0 Å². The van der Waals surface area contributed by atoms with E-state index in [1.807, 2.05) is 17.7 Å². The molecule has 2 rings (SSSR count). The van der Waals surface area contributed by atoms with Crippen LogP contribution >= 0.6 is 0 Å². The number of nitroso groups, excluding NO2 is 1. The van der Waals surface area contributed by atoms with E-state index in [4.69, 9.17) is 0 Å². The highest BCUT2D eigenvalue weighted by Gasteiger charge is 2.24. The lowest BCUT2D eigenvalue weighted by Gasteiger charge is -2.28. The molecule has 5 heteroatoms. The lowest BCUT2D eigenvalue weighted by Crippen LogP contribution is -2.32. The van der Waals surface area contributed by atoms with Gasteiger partial charge in [0.25, 0.3) is 0 Å². The monoisotopic (exact) mass is 166 g/mol. The predicted molar refractivity (Wildman–Crippen MR) is 43.1 cm³/mol. The third-order valence-corrected chi connectivity index (χ3v) is 2.24. The molecule has 1 atom stereocenters. The molecule has 1 aliphatic rings. The Bertz CT molecular complexity index is 295.